The molecule has 1 aromatic rings. The molecule has 1 aliphatic heterocycles. The molecular weight excluding hydrogens is 307 g/mol. The number of carbonyl (C=O) groups is 1. The Hall–Kier alpha value is -2.71. The van der Waals surface area contributed by atoms with Crippen LogP contribution in [0.2, 0.25) is 0 Å². The SMILES string of the molecule is N#CC1=C(c2cccc(F)c2)C2=CC(O)C(=O)CC2=CN1C1CC1. The first-order chi connectivity index (χ1) is 11.6. The van der Waals surface area contributed by atoms with Crippen molar-refractivity contribution >= 4 is 11.4 Å². The van der Waals surface area contributed by atoms with Crippen molar-refractivity contribution in [1.29, 1.82) is 5.26 Å². The summed E-state index contributed by atoms with van der Waals surface area (Å²) in [5.74, 6) is -0.654. The van der Waals surface area contributed by atoms with Crippen molar-refractivity contribution in [2.75, 3.05) is 0 Å². The second-order valence-electron chi connectivity index (χ2n) is 6.31. The maximum Gasteiger partial charge on any atom is 0.169 e. The van der Waals surface area contributed by atoms with Crippen molar-refractivity contribution in [3.05, 3.63) is 64.8 Å². The lowest BCUT2D eigenvalue weighted by Crippen LogP contribution is -2.30. The summed E-state index contributed by atoms with van der Waals surface area (Å²) >= 11 is 0. The van der Waals surface area contributed by atoms with Crippen molar-refractivity contribution in [2.24, 2.45) is 0 Å². The van der Waals surface area contributed by atoms with Gasteiger partial charge in [0.25, 0.3) is 0 Å². The summed E-state index contributed by atoms with van der Waals surface area (Å²) in [5.41, 5.74) is 3.04. The van der Waals surface area contributed by atoms with Gasteiger partial charge in [0.2, 0.25) is 0 Å². The van der Waals surface area contributed by atoms with E-state index in [1.54, 1.807) is 12.1 Å². The predicted octanol–water partition coefficient (Wildman–Crippen LogP) is 2.68. The standard InChI is InChI=1S/C19H15FN2O2/c20-13-3-1-2-11(6-13)19-15-8-18(24)17(23)7-12(15)10-22(14-4-5-14)16(19)9-21/h1-3,6,8,10,14,18,24H,4-5,7H2. The highest BCUT2D eigenvalue weighted by Gasteiger charge is 2.38. The fourth-order valence-corrected chi connectivity index (χ4v) is 3.28. The Bertz CT molecular complexity index is 872. The number of aliphatic hydroxyl groups excluding tert-OH is 1. The number of rotatable bonds is 2. The van der Waals surface area contributed by atoms with Gasteiger partial charge in [-0.05, 0) is 47.8 Å². The molecule has 1 saturated carbocycles. The van der Waals surface area contributed by atoms with Crippen LogP contribution in [0.3, 0.4) is 0 Å². The summed E-state index contributed by atoms with van der Waals surface area (Å²) in [5, 5.41) is 19.7. The van der Waals surface area contributed by atoms with Gasteiger partial charge in [-0.2, -0.15) is 5.26 Å². The third-order valence-corrected chi connectivity index (χ3v) is 4.58. The molecule has 0 bridgehead atoms. The van der Waals surface area contributed by atoms with Crippen LogP contribution in [0.4, 0.5) is 4.39 Å². The molecule has 1 unspecified atom stereocenters. The number of nitrogens with zero attached hydrogens (tertiary/aromatic N) is 2. The van der Waals surface area contributed by atoms with Gasteiger partial charge in [-0.25, -0.2) is 4.39 Å². The quantitative estimate of drug-likeness (QED) is 0.909. The third-order valence-electron chi connectivity index (χ3n) is 4.58. The Morgan fingerprint density at radius 1 is 1.33 bits per heavy atom. The molecular formula is C19H15FN2O2. The highest BCUT2D eigenvalue weighted by atomic mass is 19.1. The Labute approximate surface area is 138 Å². The zero-order valence-electron chi connectivity index (χ0n) is 12.9. The minimum absolute atomic E-state index is 0.119. The summed E-state index contributed by atoms with van der Waals surface area (Å²) in [4.78, 5) is 13.8. The van der Waals surface area contributed by atoms with Crippen LogP contribution >= 0.6 is 0 Å². The molecule has 1 fully saturated rings. The lowest BCUT2D eigenvalue weighted by atomic mass is 9.81. The first kappa shape index (κ1) is 14.9. The molecule has 0 spiro atoms. The van der Waals surface area contributed by atoms with E-state index in [0.717, 1.165) is 18.4 Å². The number of carbonyl (C=O) groups excluding carboxylic acids is 1. The fourth-order valence-electron chi connectivity index (χ4n) is 3.28. The zero-order valence-corrected chi connectivity index (χ0v) is 12.9. The van der Waals surface area contributed by atoms with E-state index in [-0.39, 0.29) is 24.1 Å². The first-order valence-corrected chi connectivity index (χ1v) is 7.91. The molecule has 1 atom stereocenters. The average Bonchev–Trinajstić information content (AvgIpc) is 3.39. The summed E-state index contributed by atoms with van der Waals surface area (Å²) in [7, 11) is 0. The Morgan fingerprint density at radius 2 is 2.12 bits per heavy atom. The molecule has 2 aliphatic carbocycles. The molecule has 0 aromatic heterocycles. The maximum atomic E-state index is 13.7. The lowest BCUT2D eigenvalue weighted by molar-refractivity contribution is -0.124. The van der Waals surface area contributed by atoms with Gasteiger partial charge in [0.1, 0.15) is 23.7 Å². The molecule has 0 radical (unpaired) electrons. The second-order valence-corrected chi connectivity index (χ2v) is 6.31. The summed E-state index contributed by atoms with van der Waals surface area (Å²) in [6.07, 6.45) is 4.22. The van der Waals surface area contributed by atoms with Crippen molar-refractivity contribution in [3.8, 4) is 6.07 Å². The number of halogens is 1. The van der Waals surface area contributed by atoms with E-state index in [1.807, 2.05) is 11.1 Å². The highest BCUT2D eigenvalue weighted by Crippen LogP contribution is 2.44. The van der Waals surface area contributed by atoms with Crippen LogP contribution in [0.5, 0.6) is 0 Å². The number of ketones is 1. The van der Waals surface area contributed by atoms with Crippen LogP contribution in [0.25, 0.3) is 5.57 Å². The largest absolute Gasteiger partial charge is 0.381 e. The van der Waals surface area contributed by atoms with Crippen molar-refractivity contribution in [2.45, 2.75) is 31.4 Å². The maximum absolute atomic E-state index is 13.7. The van der Waals surface area contributed by atoms with Crippen LogP contribution in [0.1, 0.15) is 24.8 Å². The van der Waals surface area contributed by atoms with Gasteiger partial charge in [0.05, 0.1) is 0 Å². The number of hydrogen-bond acceptors (Lipinski definition) is 4. The van der Waals surface area contributed by atoms with E-state index >= 15 is 0 Å². The predicted molar refractivity (Wildman–Crippen MR) is 85.6 cm³/mol. The van der Waals surface area contributed by atoms with E-state index in [4.69, 9.17) is 0 Å². The average molecular weight is 322 g/mol. The molecule has 5 heteroatoms. The molecule has 0 amide bonds. The molecule has 1 N–H and O–H groups in total. The summed E-state index contributed by atoms with van der Waals surface area (Å²) in [6.45, 7) is 0. The molecule has 120 valence electrons. The van der Waals surface area contributed by atoms with E-state index < -0.39 is 6.10 Å². The van der Waals surface area contributed by atoms with Crippen LogP contribution < -0.4 is 0 Å². The third kappa shape index (κ3) is 2.36. The smallest absolute Gasteiger partial charge is 0.169 e. The number of benzene rings is 1. The van der Waals surface area contributed by atoms with Gasteiger partial charge in [-0.3, -0.25) is 4.79 Å². The molecule has 1 aromatic carbocycles. The van der Waals surface area contributed by atoms with Crippen molar-refractivity contribution in [3.63, 3.8) is 0 Å². The van der Waals surface area contributed by atoms with E-state index in [0.29, 0.717) is 22.4 Å². The van der Waals surface area contributed by atoms with Gasteiger partial charge >= 0.3 is 0 Å². The molecule has 4 nitrogen and oxygen atoms in total. The van der Waals surface area contributed by atoms with Gasteiger partial charge in [-0.1, -0.05) is 12.1 Å². The Morgan fingerprint density at radius 3 is 2.79 bits per heavy atom. The van der Waals surface area contributed by atoms with Gasteiger partial charge < -0.3 is 10.0 Å². The number of allylic oxidation sites excluding steroid dienone is 4. The number of hydrogen-bond donors (Lipinski definition) is 1. The normalized spacial score (nSPS) is 23.5. The number of aliphatic hydroxyl groups is 1. The minimum atomic E-state index is -1.19. The van der Waals surface area contributed by atoms with E-state index in [9.17, 15) is 19.6 Å². The molecule has 1 heterocycles. The Balaban J connectivity index is 1.95. The summed E-state index contributed by atoms with van der Waals surface area (Å²) in [6, 6.07) is 8.55. The lowest BCUT2D eigenvalue weighted by Gasteiger charge is -2.33. The molecule has 3 aliphatic rings. The highest BCUT2D eigenvalue weighted by molar-refractivity contribution is 5.97. The van der Waals surface area contributed by atoms with E-state index in [2.05, 4.69) is 6.07 Å². The fraction of sp³-hybridized carbons (Fsp3) is 0.263. The van der Waals surface area contributed by atoms with Crippen LogP contribution in [0.15, 0.2) is 53.4 Å². The van der Waals surface area contributed by atoms with E-state index in [1.165, 1.54) is 18.2 Å². The van der Waals surface area contributed by atoms with Crippen molar-refractivity contribution in [1.82, 2.24) is 4.90 Å². The second kappa shape index (κ2) is 5.43. The molecule has 24 heavy (non-hydrogen) atoms. The minimum Gasteiger partial charge on any atom is -0.381 e. The van der Waals surface area contributed by atoms with Gasteiger partial charge in [0.15, 0.2) is 5.78 Å². The Kier molecular flexibility index (Phi) is 3.36. The number of Topliss-reactive ketones (excluding diaryl/α,β-unsaturated/α-hetero) is 1. The van der Waals surface area contributed by atoms with Gasteiger partial charge in [-0.15, -0.1) is 0 Å². The number of fused-ring (bicyclic) bond motifs is 1. The van der Waals surface area contributed by atoms with Crippen LogP contribution in [-0.2, 0) is 4.79 Å². The molecule has 0 saturated heterocycles. The van der Waals surface area contributed by atoms with Gasteiger partial charge in [0, 0.05) is 24.2 Å². The summed E-state index contributed by atoms with van der Waals surface area (Å²) < 4.78 is 13.7. The zero-order chi connectivity index (χ0) is 16.8. The van der Waals surface area contributed by atoms with Crippen molar-refractivity contribution < 1.29 is 14.3 Å². The number of nitriles is 1. The first-order valence-electron chi connectivity index (χ1n) is 7.91. The topological polar surface area (TPSA) is 64.3 Å². The monoisotopic (exact) mass is 322 g/mol. The van der Waals surface area contributed by atoms with Crippen LogP contribution in [-0.4, -0.2) is 27.9 Å². The molecule has 4 rings (SSSR count). The van der Waals surface area contributed by atoms with Crippen LogP contribution in [0, 0.1) is 17.1 Å².